The van der Waals surface area contributed by atoms with Gasteiger partial charge in [0.2, 0.25) is 0 Å². The molecule has 1 amide bonds. The summed E-state index contributed by atoms with van der Waals surface area (Å²) in [5.41, 5.74) is 5.00. The molecule has 3 aliphatic rings. The lowest BCUT2D eigenvalue weighted by Gasteiger charge is -2.43. The van der Waals surface area contributed by atoms with E-state index >= 15 is 0 Å². The first-order chi connectivity index (χ1) is 19.9. The van der Waals surface area contributed by atoms with Gasteiger partial charge in [0.15, 0.2) is 0 Å². The summed E-state index contributed by atoms with van der Waals surface area (Å²) in [6.45, 7) is 0. The van der Waals surface area contributed by atoms with Gasteiger partial charge in [0.1, 0.15) is 5.82 Å². The summed E-state index contributed by atoms with van der Waals surface area (Å²) < 4.78 is 41.1. The molecule has 2 bridgehead atoms. The number of halogens is 1. The number of nitrogens with one attached hydrogen (secondary N) is 3. The quantitative estimate of drug-likeness (QED) is 0.230. The molecule has 208 valence electrons. The number of hydrogen-bond donors (Lipinski definition) is 3. The Morgan fingerprint density at radius 3 is 2.29 bits per heavy atom. The van der Waals surface area contributed by atoms with E-state index in [-0.39, 0.29) is 22.5 Å². The highest BCUT2D eigenvalue weighted by Gasteiger charge is 2.53. The van der Waals surface area contributed by atoms with Crippen molar-refractivity contribution < 1.29 is 17.6 Å². The molecule has 2 saturated carbocycles. The summed E-state index contributed by atoms with van der Waals surface area (Å²) in [5.74, 6) is 1.60. The number of rotatable bonds is 6. The van der Waals surface area contributed by atoms with Crippen LogP contribution < -0.4 is 15.4 Å². The van der Waals surface area contributed by atoms with E-state index in [2.05, 4.69) is 45.7 Å². The summed E-state index contributed by atoms with van der Waals surface area (Å²) in [5, 5.41) is 6.72. The van der Waals surface area contributed by atoms with Crippen LogP contribution in [0.15, 0.2) is 102 Å². The van der Waals surface area contributed by atoms with Crippen molar-refractivity contribution in [1.29, 1.82) is 0 Å². The van der Waals surface area contributed by atoms with Crippen LogP contribution in [0.2, 0.25) is 0 Å². The monoisotopic (exact) mass is 567 g/mol. The van der Waals surface area contributed by atoms with Crippen LogP contribution in [-0.4, -0.2) is 14.3 Å². The average Bonchev–Trinajstić information content (AvgIpc) is 3.62. The maximum Gasteiger partial charge on any atom is 0.261 e. The van der Waals surface area contributed by atoms with E-state index in [9.17, 15) is 17.6 Å². The Morgan fingerprint density at radius 2 is 1.54 bits per heavy atom. The van der Waals surface area contributed by atoms with E-state index in [4.69, 9.17) is 0 Å². The standard InChI is InChI=1S/C33H30FN3O3S/c34-24-9-11-26(12-10-24)37-41(39,40)27-15-13-25(14-16-27)35-33(38)23-8-17-29-28(19-23)30-21-6-7-22(18-21)31(30)32(36-29)20-4-2-1-3-5-20/h1-5,8-17,19,21-22,30-32,36-37H,6-7,18H2,(H,35,38)/t21-,22-,30-,31-,32-/m0/s1. The van der Waals surface area contributed by atoms with Crippen molar-refractivity contribution in [1.82, 2.24) is 0 Å². The van der Waals surface area contributed by atoms with Gasteiger partial charge < -0.3 is 10.6 Å². The van der Waals surface area contributed by atoms with Gasteiger partial charge in [0.05, 0.1) is 10.9 Å². The summed E-state index contributed by atoms with van der Waals surface area (Å²) in [6.07, 6.45) is 3.77. The second-order valence-corrected chi connectivity index (χ2v) is 13.0. The molecule has 0 spiro atoms. The highest BCUT2D eigenvalue weighted by atomic mass is 32.2. The van der Waals surface area contributed by atoms with Gasteiger partial charge in [-0.05, 0) is 121 Å². The normalized spacial score (nSPS) is 24.2. The van der Waals surface area contributed by atoms with Crippen LogP contribution in [-0.2, 0) is 10.0 Å². The zero-order valence-corrected chi connectivity index (χ0v) is 23.1. The Balaban J connectivity index is 1.10. The number of amides is 1. The van der Waals surface area contributed by atoms with Crippen LogP contribution in [0, 0.1) is 23.6 Å². The molecule has 7 rings (SSSR count). The van der Waals surface area contributed by atoms with Crippen LogP contribution in [0.3, 0.4) is 0 Å². The number of fused-ring (bicyclic) bond motifs is 7. The first kappa shape index (κ1) is 25.8. The molecule has 0 unspecified atom stereocenters. The summed E-state index contributed by atoms with van der Waals surface area (Å²) >= 11 is 0. The maximum absolute atomic E-state index is 13.3. The molecule has 0 radical (unpaired) electrons. The fourth-order valence-corrected chi connectivity index (χ4v) is 8.33. The SMILES string of the molecule is O=C(Nc1ccc(S(=O)(=O)Nc2ccc(F)cc2)cc1)c1ccc2c(c1)[C@@H]1[C@H]3CC[C@@H](C3)[C@@H]1[C@H](c1ccccc1)N2. The van der Waals surface area contributed by atoms with E-state index in [1.807, 2.05) is 18.2 Å². The van der Waals surface area contributed by atoms with Gasteiger partial charge in [0, 0.05) is 22.6 Å². The number of sulfonamides is 1. The first-order valence-corrected chi connectivity index (χ1v) is 15.5. The molecule has 1 aliphatic heterocycles. The van der Waals surface area contributed by atoms with Gasteiger partial charge in [-0.25, -0.2) is 12.8 Å². The number of anilines is 3. The lowest BCUT2D eigenvalue weighted by Crippen LogP contribution is -2.35. The molecule has 2 fully saturated rings. The molecule has 8 heteroatoms. The Labute approximate surface area is 239 Å². The fraction of sp³-hybridized carbons (Fsp3) is 0.242. The van der Waals surface area contributed by atoms with Crippen LogP contribution >= 0.6 is 0 Å². The molecule has 2 aliphatic carbocycles. The summed E-state index contributed by atoms with van der Waals surface area (Å²) in [4.78, 5) is 13.3. The topological polar surface area (TPSA) is 87.3 Å². The minimum absolute atomic E-state index is 0.0370. The molecule has 4 aromatic carbocycles. The van der Waals surface area contributed by atoms with Gasteiger partial charge in [-0.15, -0.1) is 0 Å². The van der Waals surface area contributed by atoms with Crippen LogP contribution in [0.25, 0.3) is 0 Å². The van der Waals surface area contributed by atoms with E-state index in [0.717, 1.165) is 5.69 Å². The summed E-state index contributed by atoms with van der Waals surface area (Å²) in [6, 6.07) is 28.0. The molecule has 1 heterocycles. The van der Waals surface area contributed by atoms with Gasteiger partial charge in [-0.1, -0.05) is 30.3 Å². The van der Waals surface area contributed by atoms with E-state index in [0.29, 0.717) is 34.9 Å². The fourth-order valence-electron chi connectivity index (χ4n) is 7.27. The smallest absolute Gasteiger partial charge is 0.261 e. The van der Waals surface area contributed by atoms with Crippen LogP contribution in [0.1, 0.15) is 52.7 Å². The number of carbonyl (C=O) groups excluding carboxylic acids is 1. The third-order valence-corrected chi connectivity index (χ3v) is 10.4. The Hall–Kier alpha value is -4.17. The second kappa shape index (κ2) is 10.0. The summed E-state index contributed by atoms with van der Waals surface area (Å²) in [7, 11) is -3.86. The van der Waals surface area contributed by atoms with E-state index in [1.54, 1.807) is 12.1 Å². The van der Waals surface area contributed by atoms with E-state index in [1.165, 1.54) is 66.8 Å². The molecular formula is C33H30FN3O3S. The molecule has 41 heavy (non-hydrogen) atoms. The first-order valence-electron chi connectivity index (χ1n) is 14.0. The molecule has 0 saturated heterocycles. The Kier molecular flexibility index (Phi) is 6.31. The number of hydrogen-bond acceptors (Lipinski definition) is 4. The van der Waals surface area contributed by atoms with Gasteiger partial charge >= 0.3 is 0 Å². The van der Waals surface area contributed by atoms with Crippen LogP contribution in [0.4, 0.5) is 21.5 Å². The lowest BCUT2D eigenvalue weighted by atomic mass is 9.68. The van der Waals surface area contributed by atoms with E-state index < -0.39 is 15.8 Å². The predicted octanol–water partition coefficient (Wildman–Crippen LogP) is 7.18. The van der Waals surface area contributed by atoms with Gasteiger partial charge in [-0.3, -0.25) is 9.52 Å². The van der Waals surface area contributed by atoms with Crippen molar-refractivity contribution in [3.63, 3.8) is 0 Å². The molecular weight excluding hydrogens is 537 g/mol. The van der Waals surface area contributed by atoms with Crippen molar-refractivity contribution in [3.8, 4) is 0 Å². The number of benzene rings is 4. The molecule has 6 nitrogen and oxygen atoms in total. The average molecular weight is 568 g/mol. The minimum atomic E-state index is -3.86. The van der Waals surface area contributed by atoms with Crippen molar-refractivity contribution in [2.45, 2.75) is 36.1 Å². The molecule has 3 N–H and O–H groups in total. The van der Waals surface area contributed by atoms with Gasteiger partial charge in [-0.2, -0.15) is 0 Å². The van der Waals surface area contributed by atoms with Crippen molar-refractivity contribution in [2.75, 3.05) is 15.4 Å². The second-order valence-electron chi connectivity index (χ2n) is 11.4. The Bertz CT molecular complexity index is 1710. The molecule has 0 aromatic heterocycles. The minimum Gasteiger partial charge on any atom is -0.378 e. The van der Waals surface area contributed by atoms with Gasteiger partial charge in [0.25, 0.3) is 15.9 Å². The maximum atomic E-state index is 13.3. The zero-order chi connectivity index (χ0) is 28.1. The zero-order valence-electron chi connectivity index (χ0n) is 22.3. The number of carbonyl (C=O) groups is 1. The molecule has 5 atom stereocenters. The van der Waals surface area contributed by atoms with Crippen molar-refractivity contribution >= 4 is 33.0 Å². The molecule has 4 aromatic rings. The van der Waals surface area contributed by atoms with Crippen molar-refractivity contribution in [2.24, 2.45) is 17.8 Å². The highest BCUT2D eigenvalue weighted by Crippen LogP contribution is 2.63. The largest absolute Gasteiger partial charge is 0.378 e. The predicted molar refractivity (Wildman–Crippen MR) is 158 cm³/mol. The highest BCUT2D eigenvalue weighted by molar-refractivity contribution is 7.92. The third kappa shape index (κ3) is 4.76. The Morgan fingerprint density at radius 1 is 0.829 bits per heavy atom. The van der Waals surface area contributed by atoms with Crippen LogP contribution in [0.5, 0.6) is 0 Å². The lowest BCUT2D eigenvalue weighted by molar-refractivity contribution is 0.102. The third-order valence-electron chi connectivity index (χ3n) is 9.03. The van der Waals surface area contributed by atoms with Crippen molar-refractivity contribution in [3.05, 3.63) is 120 Å².